The summed E-state index contributed by atoms with van der Waals surface area (Å²) in [5.74, 6) is 0.277. The highest BCUT2D eigenvalue weighted by atomic mass is 32.2. The summed E-state index contributed by atoms with van der Waals surface area (Å²) in [6.07, 6.45) is 4.12. The van der Waals surface area contributed by atoms with Crippen LogP contribution >= 0.6 is 11.8 Å². The number of nitrogens with zero attached hydrogens (tertiary/aromatic N) is 3. The Kier molecular flexibility index (Phi) is 6.51. The molecule has 0 rings (SSSR count). The molecule has 0 saturated heterocycles. The van der Waals surface area contributed by atoms with Gasteiger partial charge in [0, 0.05) is 5.54 Å². The Morgan fingerprint density at radius 1 is 1.47 bits per heavy atom. The van der Waals surface area contributed by atoms with Crippen LogP contribution in [0.2, 0.25) is 0 Å². The van der Waals surface area contributed by atoms with Crippen LogP contribution in [0.3, 0.4) is 0 Å². The average Bonchev–Trinajstić information content (AvgIpc) is 2.21. The van der Waals surface area contributed by atoms with Crippen LogP contribution < -0.4 is 5.32 Å². The molecule has 0 spiro atoms. The zero-order valence-electron chi connectivity index (χ0n) is 11.0. The van der Waals surface area contributed by atoms with Gasteiger partial charge in [0.05, 0.1) is 5.71 Å². The lowest BCUT2D eigenvalue weighted by molar-refractivity contribution is 0.512. The molecule has 0 fully saturated rings. The molecule has 0 aromatic carbocycles. The molecule has 0 unspecified atom stereocenters. The topological polar surface area (TPSA) is 84.4 Å². The van der Waals surface area contributed by atoms with Crippen LogP contribution in [0.1, 0.15) is 34.1 Å². The van der Waals surface area contributed by atoms with Crippen LogP contribution in [-0.4, -0.2) is 28.5 Å². The fraction of sp³-hybridized carbons (Fsp3) is 0.636. The first-order chi connectivity index (χ1) is 7.84. The second-order valence-electron chi connectivity index (χ2n) is 4.36. The summed E-state index contributed by atoms with van der Waals surface area (Å²) in [4.78, 5) is 7.79. The molecular formula is C11H19N5S. The minimum Gasteiger partial charge on any atom is -0.364 e. The third kappa shape index (κ3) is 6.74. The first-order valence-corrected chi connectivity index (χ1v) is 6.52. The first-order valence-electron chi connectivity index (χ1n) is 5.29. The van der Waals surface area contributed by atoms with E-state index in [4.69, 9.17) is 10.7 Å². The Labute approximate surface area is 107 Å². The molecule has 0 radical (unpaired) electrons. The van der Waals surface area contributed by atoms with E-state index in [1.165, 1.54) is 11.8 Å². The van der Waals surface area contributed by atoms with Crippen molar-refractivity contribution < 1.29 is 0 Å². The van der Waals surface area contributed by atoms with Crippen molar-refractivity contribution in [2.45, 2.75) is 39.7 Å². The van der Waals surface area contributed by atoms with Crippen molar-refractivity contribution in [3.8, 4) is 6.19 Å². The van der Waals surface area contributed by atoms with Gasteiger partial charge in [-0.05, 0) is 33.4 Å². The van der Waals surface area contributed by atoms with Crippen molar-refractivity contribution in [1.82, 2.24) is 5.32 Å². The Morgan fingerprint density at radius 3 is 2.41 bits per heavy atom. The molecular weight excluding hydrogens is 234 g/mol. The van der Waals surface area contributed by atoms with Crippen molar-refractivity contribution in [1.29, 1.82) is 10.7 Å². The van der Waals surface area contributed by atoms with Gasteiger partial charge in [-0.15, -0.1) is 4.99 Å². The maximum Gasteiger partial charge on any atom is 0.208 e. The molecule has 0 aliphatic heterocycles. The SMILES string of the molecule is CC/C(=N\C(=N/C#N)SC)C(=N)NC(C)(C)C. The molecule has 0 amide bonds. The summed E-state index contributed by atoms with van der Waals surface area (Å²) in [7, 11) is 0. The Hall–Kier alpha value is -1.35. The fourth-order valence-corrected chi connectivity index (χ4v) is 1.37. The smallest absolute Gasteiger partial charge is 0.208 e. The molecule has 6 heteroatoms. The molecule has 2 N–H and O–H groups in total. The van der Waals surface area contributed by atoms with Crippen LogP contribution in [0.15, 0.2) is 9.98 Å². The zero-order chi connectivity index (χ0) is 13.5. The molecule has 0 aromatic heterocycles. The van der Waals surface area contributed by atoms with Gasteiger partial charge in [-0.1, -0.05) is 18.7 Å². The van der Waals surface area contributed by atoms with Crippen molar-refractivity contribution >= 4 is 28.5 Å². The summed E-state index contributed by atoms with van der Waals surface area (Å²) < 4.78 is 0. The monoisotopic (exact) mass is 253 g/mol. The van der Waals surface area contributed by atoms with E-state index in [1.807, 2.05) is 27.7 Å². The van der Waals surface area contributed by atoms with Crippen LogP contribution in [0.5, 0.6) is 0 Å². The quantitative estimate of drug-likeness (QED) is 0.450. The molecule has 0 saturated carbocycles. The number of nitrogens with one attached hydrogen (secondary N) is 2. The third-order valence-electron chi connectivity index (χ3n) is 1.68. The predicted molar refractivity (Wildman–Crippen MR) is 74.9 cm³/mol. The summed E-state index contributed by atoms with van der Waals surface area (Å²) in [6.45, 7) is 7.86. The molecule has 0 bridgehead atoms. The van der Waals surface area contributed by atoms with E-state index in [-0.39, 0.29) is 11.4 Å². The van der Waals surface area contributed by atoms with E-state index in [2.05, 4.69) is 15.3 Å². The van der Waals surface area contributed by atoms with Gasteiger partial charge in [0.15, 0.2) is 5.17 Å². The number of thioether (sulfide) groups is 1. The van der Waals surface area contributed by atoms with E-state index >= 15 is 0 Å². The Balaban J connectivity index is 4.96. The number of rotatable bonds is 2. The number of hydrogen-bond acceptors (Lipinski definition) is 4. The summed E-state index contributed by atoms with van der Waals surface area (Å²) in [6, 6.07) is 0. The van der Waals surface area contributed by atoms with Gasteiger partial charge in [0.2, 0.25) is 6.19 Å². The van der Waals surface area contributed by atoms with E-state index in [9.17, 15) is 0 Å². The fourth-order valence-electron chi connectivity index (χ4n) is 1.03. The Morgan fingerprint density at radius 2 is 2.06 bits per heavy atom. The number of hydrogen-bond donors (Lipinski definition) is 2. The second kappa shape index (κ2) is 7.07. The zero-order valence-corrected chi connectivity index (χ0v) is 11.8. The lowest BCUT2D eigenvalue weighted by Gasteiger charge is -2.22. The molecule has 94 valence electrons. The number of amidine groups is 2. The largest absolute Gasteiger partial charge is 0.364 e. The standard InChI is InChI=1S/C11H19N5S/c1-6-8(9(13)16-11(2,3)4)15-10(17-5)14-7-12/h6H2,1-5H3,(H2,13,16)/b14-10+,15-8+. The van der Waals surface area contributed by atoms with Gasteiger partial charge < -0.3 is 5.32 Å². The van der Waals surface area contributed by atoms with Crippen LogP contribution in [0.4, 0.5) is 0 Å². The summed E-state index contributed by atoms with van der Waals surface area (Å²) in [5, 5.41) is 19.8. The van der Waals surface area contributed by atoms with Gasteiger partial charge in [-0.3, -0.25) is 5.41 Å². The highest BCUT2D eigenvalue weighted by Crippen LogP contribution is 2.04. The minimum absolute atomic E-state index is 0.182. The van der Waals surface area contributed by atoms with Crippen molar-refractivity contribution in [2.75, 3.05) is 6.26 Å². The molecule has 5 nitrogen and oxygen atoms in total. The van der Waals surface area contributed by atoms with Crippen LogP contribution in [0.25, 0.3) is 0 Å². The molecule has 0 aliphatic carbocycles. The van der Waals surface area contributed by atoms with Gasteiger partial charge in [0.1, 0.15) is 5.84 Å². The van der Waals surface area contributed by atoms with Gasteiger partial charge >= 0.3 is 0 Å². The summed E-state index contributed by atoms with van der Waals surface area (Å²) in [5.41, 5.74) is 0.419. The van der Waals surface area contributed by atoms with Gasteiger partial charge in [-0.25, -0.2) is 4.99 Å². The lowest BCUT2D eigenvalue weighted by atomic mass is 10.1. The lowest BCUT2D eigenvalue weighted by Crippen LogP contribution is -2.43. The predicted octanol–water partition coefficient (Wildman–Crippen LogP) is 2.40. The molecule has 0 aromatic rings. The normalized spacial score (nSPS) is 13.2. The first kappa shape index (κ1) is 15.7. The highest BCUT2D eigenvalue weighted by Gasteiger charge is 2.14. The highest BCUT2D eigenvalue weighted by molar-refractivity contribution is 8.13. The number of nitriles is 1. The van der Waals surface area contributed by atoms with E-state index in [0.717, 1.165) is 0 Å². The van der Waals surface area contributed by atoms with E-state index < -0.39 is 0 Å². The maximum atomic E-state index is 8.49. The Bertz CT molecular complexity index is 370. The molecule has 0 aliphatic rings. The number of aliphatic imine (C=N–C) groups is 2. The minimum atomic E-state index is -0.182. The molecule has 0 atom stereocenters. The van der Waals surface area contributed by atoms with Crippen molar-refractivity contribution in [2.24, 2.45) is 9.98 Å². The third-order valence-corrected chi connectivity index (χ3v) is 2.23. The van der Waals surface area contributed by atoms with Crippen molar-refractivity contribution in [3.05, 3.63) is 0 Å². The van der Waals surface area contributed by atoms with Gasteiger partial charge in [-0.2, -0.15) is 5.26 Å². The van der Waals surface area contributed by atoms with Crippen LogP contribution in [-0.2, 0) is 0 Å². The maximum absolute atomic E-state index is 8.49. The average molecular weight is 253 g/mol. The second-order valence-corrected chi connectivity index (χ2v) is 5.13. The van der Waals surface area contributed by atoms with E-state index in [0.29, 0.717) is 17.3 Å². The molecule has 0 heterocycles. The molecule has 17 heavy (non-hydrogen) atoms. The van der Waals surface area contributed by atoms with Crippen LogP contribution in [0, 0.1) is 16.9 Å². The van der Waals surface area contributed by atoms with Gasteiger partial charge in [0.25, 0.3) is 0 Å². The van der Waals surface area contributed by atoms with E-state index in [1.54, 1.807) is 12.4 Å². The summed E-state index contributed by atoms with van der Waals surface area (Å²) >= 11 is 1.29. The van der Waals surface area contributed by atoms with Crippen molar-refractivity contribution in [3.63, 3.8) is 0 Å².